The fourth-order valence-corrected chi connectivity index (χ4v) is 2.75. The van der Waals surface area contributed by atoms with Gasteiger partial charge < -0.3 is 10.3 Å². The van der Waals surface area contributed by atoms with Crippen molar-refractivity contribution >= 4 is 34.2 Å². The molecule has 3 N–H and O–H groups in total. The number of nitrogens with one attached hydrogen (secondary N) is 1. The van der Waals surface area contributed by atoms with Crippen LogP contribution in [0.4, 0.5) is 11.5 Å². The molecule has 78 valence electrons. The Bertz CT molecular complexity index is 433. The molecule has 0 aliphatic carbocycles. The van der Waals surface area contributed by atoms with Crippen LogP contribution in [0.15, 0.2) is 40.1 Å². The minimum Gasteiger partial charge on any atom is -0.587 e. The summed E-state index contributed by atoms with van der Waals surface area (Å²) in [4.78, 5) is 4.00. The van der Waals surface area contributed by atoms with Gasteiger partial charge in [-0.1, -0.05) is 11.3 Å². The SMILES string of the molecule is Nc1cccnc1N[S+]([O-])c1cccs1. The van der Waals surface area contributed by atoms with Crippen molar-refractivity contribution in [3.63, 3.8) is 0 Å². The highest BCUT2D eigenvalue weighted by Gasteiger charge is 2.14. The summed E-state index contributed by atoms with van der Waals surface area (Å²) in [5.41, 5.74) is 6.15. The first-order valence-electron chi connectivity index (χ1n) is 4.20. The average Bonchev–Trinajstić information content (AvgIpc) is 2.74. The maximum Gasteiger partial charge on any atom is 0.233 e. The fourth-order valence-electron chi connectivity index (χ4n) is 1.01. The first-order chi connectivity index (χ1) is 7.27. The molecule has 2 aromatic heterocycles. The summed E-state index contributed by atoms with van der Waals surface area (Å²) in [6.45, 7) is 0. The zero-order valence-electron chi connectivity index (χ0n) is 7.71. The minimum absolute atomic E-state index is 0.448. The third-order valence-corrected chi connectivity index (χ3v) is 3.99. The van der Waals surface area contributed by atoms with Crippen LogP contribution >= 0.6 is 11.3 Å². The molecule has 0 aromatic carbocycles. The zero-order chi connectivity index (χ0) is 10.7. The summed E-state index contributed by atoms with van der Waals surface area (Å²) >= 11 is 0.137. The monoisotopic (exact) mass is 239 g/mol. The number of hydrogen-bond donors (Lipinski definition) is 2. The number of anilines is 2. The molecule has 0 bridgehead atoms. The Morgan fingerprint density at radius 2 is 2.27 bits per heavy atom. The van der Waals surface area contributed by atoms with Crippen molar-refractivity contribution in [1.29, 1.82) is 0 Å². The van der Waals surface area contributed by atoms with Crippen molar-refractivity contribution in [2.45, 2.75) is 4.21 Å². The molecular formula is C9H9N3OS2. The van der Waals surface area contributed by atoms with Gasteiger partial charge in [0.25, 0.3) is 0 Å². The molecule has 0 amide bonds. The first kappa shape index (κ1) is 10.3. The number of nitrogen functional groups attached to an aromatic ring is 1. The molecule has 0 radical (unpaired) electrons. The normalized spacial score (nSPS) is 12.3. The van der Waals surface area contributed by atoms with E-state index in [-0.39, 0.29) is 0 Å². The second kappa shape index (κ2) is 4.52. The topological polar surface area (TPSA) is 74.0 Å². The van der Waals surface area contributed by atoms with Crippen molar-refractivity contribution in [2.24, 2.45) is 0 Å². The Morgan fingerprint density at radius 3 is 2.93 bits per heavy atom. The summed E-state index contributed by atoms with van der Waals surface area (Å²) in [5, 5.41) is 1.87. The Hall–Kier alpha value is -1.24. The highest BCUT2D eigenvalue weighted by atomic mass is 32.2. The summed E-state index contributed by atoms with van der Waals surface area (Å²) < 4.78 is 15.3. The van der Waals surface area contributed by atoms with Gasteiger partial charge in [-0.25, -0.2) is 4.98 Å². The van der Waals surface area contributed by atoms with Crippen LogP contribution in [-0.4, -0.2) is 9.54 Å². The van der Waals surface area contributed by atoms with E-state index in [1.54, 1.807) is 24.4 Å². The van der Waals surface area contributed by atoms with Crippen molar-refractivity contribution in [1.82, 2.24) is 4.98 Å². The molecule has 6 heteroatoms. The van der Waals surface area contributed by atoms with Gasteiger partial charge in [-0.3, -0.25) is 0 Å². The van der Waals surface area contributed by atoms with Crippen molar-refractivity contribution in [3.8, 4) is 0 Å². The van der Waals surface area contributed by atoms with E-state index in [9.17, 15) is 4.55 Å². The van der Waals surface area contributed by atoms with Gasteiger partial charge in [0.05, 0.1) is 5.69 Å². The van der Waals surface area contributed by atoms with E-state index in [0.717, 1.165) is 4.21 Å². The lowest BCUT2D eigenvalue weighted by Crippen LogP contribution is -2.13. The number of rotatable bonds is 3. The second-order valence-corrected chi connectivity index (χ2v) is 5.13. The molecule has 0 aliphatic rings. The number of thiophene rings is 1. The van der Waals surface area contributed by atoms with Crippen LogP contribution in [0.5, 0.6) is 0 Å². The lowest BCUT2D eigenvalue weighted by atomic mass is 10.4. The highest BCUT2D eigenvalue weighted by molar-refractivity contribution is 7.94. The zero-order valence-corrected chi connectivity index (χ0v) is 9.35. The maximum absolute atomic E-state index is 11.7. The van der Waals surface area contributed by atoms with E-state index in [0.29, 0.717) is 11.5 Å². The third kappa shape index (κ3) is 2.41. The van der Waals surface area contributed by atoms with Crippen LogP contribution in [0.2, 0.25) is 0 Å². The molecule has 0 aliphatic heterocycles. The van der Waals surface area contributed by atoms with Crippen molar-refractivity contribution in [2.75, 3.05) is 10.5 Å². The van der Waals surface area contributed by atoms with E-state index in [2.05, 4.69) is 9.71 Å². The van der Waals surface area contributed by atoms with Gasteiger partial charge in [0.1, 0.15) is 11.4 Å². The van der Waals surface area contributed by atoms with E-state index in [4.69, 9.17) is 5.73 Å². The average molecular weight is 239 g/mol. The molecule has 0 spiro atoms. The van der Waals surface area contributed by atoms with Crippen LogP contribution in [0.1, 0.15) is 0 Å². The number of aromatic nitrogens is 1. The smallest absolute Gasteiger partial charge is 0.233 e. The van der Waals surface area contributed by atoms with Crippen LogP contribution in [0.3, 0.4) is 0 Å². The fraction of sp³-hybridized carbons (Fsp3) is 0. The number of hydrogen-bond acceptors (Lipinski definition) is 5. The number of pyridine rings is 1. The quantitative estimate of drug-likeness (QED) is 0.802. The van der Waals surface area contributed by atoms with Gasteiger partial charge in [0.15, 0.2) is 5.82 Å². The summed E-state index contributed by atoms with van der Waals surface area (Å²) in [6.07, 6.45) is 1.60. The first-order valence-corrected chi connectivity index (χ1v) is 6.23. The standard InChI is InChI=1S/C9H9N3OS2/c10-7-3-1-5-11-9(7)12-15(13)8-4-2-6-14-8/h1-6H,10H2,(H,11,12). The number of nitrogens with zero attached hydrogens (tertiary/aromatic N) is 1. The summed E-state index contributed by atoms with van der Waals surface area (Å²) in [6, 6.07) is 7.09. The largest absolute Gasteiger partial charge is 0.587 e. The van der Waals surface area contributed by atoms with Gasteiger partial charge in [0.2, 0.25) is 4.21 Å². The minimum atomic E-state index is -1.29. The summed E-state index contributed by atoms with van der Waals surface area (Å²) in [7, 11) is 0. The maximum atomic E-state index is 11.7. The predicted molar refractivity (Wildman–Crippen MR) is 63.0 cm³/mol. The summed E-state index contributed by atoms with van der Waals surface area (Å²) in [5.74, 6) is 0.448. The molecule has 0 saturated carbocycles. The predicted octanol–water partition coefficient (Wildman–Crippen LogP) is 1.86. The molecule has 1 atom stereocenters. The van der Waals surface area contributed by atoms with Crippen LogP contribution < -0.4 is 10.5 Å². The van der Waals surface area contributed by atoms with Gasteiger partial charge in [-0.05, 0) is 23.6 Å². The molecule has 2 rings (SSSR count). The second-order valence-electron chi connectivity index (χ2n) is 2.74. The van der Waals surface area contributed by atoms with E-state index in [1.807, 2.05) is 11.4 Å². The van der Waals surface area contributed by atoms with E-state index >= 15 is 0 Å². The Balaban J connectivity index is 2.13. The van der Waals surface area contributed by atoms with E-state index in [1.165, 1.54) is 11.3 Å². The Morgan fingerprint density at radius 1 is 1.40 bits per heavy atom. The lowest BCUT2D eigenvalue weighted by molar-refractivity contribution is 0.602. The highest BCUT2D eigenvalue weighted by Crippen LogP contribution is 2.21. The molecule has 4 nitrogen and oxygen atoms in total. The van der Waals surface area contributed by atoms with Gasteiger partial charge in [-0.2, -0.15) is 4.72 Å². The third-order valence-electron chi connectivity index (χ3n) is 1.71. The van der Waals surface area contributed by atoms with Crippen LogP contribution in [0, 0.1) is 0 Å². The molecule has 2 aromatic rings. The van der Waals surface area contributed by atoms with Crippen molar-refractivity contribution in [3.05, 3.63) is 35.8 Å². The molecule has 0 saturated heterocycles. The molecular weight excluding hydrogens is 230 g/mol. The van der Waals surface area contributed by atoms with Crippen molar-refractivity contribution < 1.29 is 4.55 Å². The molecule has 1 unspecified atom stereocenters. The molecule has 15 heavy (non-hydrogen) atoms. The molecule has 2 heterocycles. The lowest BCUT2D eigenvalue weighted by Gasteiger charge is -2.09. The van der Waals surface area contributed by atoms with Gasteiger partial charge in [-0.15, -0.1) is 0 Å². The Labute approximate surface area is 94.5 Å². The van der Waals surface area contributed by atoms with Gasteiger partial charge >= 0.3 is 0 Å². The number of nitrogens with two attached hydrogens (primary N) is 1. The Kier molecular flexibility index (Phi) is 3.10. The van der Waals surface area contributed by atoms with Gasteiger partial charge in [0, 0.05) is 12.3 Å². The van der Waals surface area contributed by atoms with Crippen LogP contribution in [0.25, 0.3) is 0 Å². The molecule has 0 fully saturated rings. The van der Waals surface area contributed by atoms with Crippen LogP contribution in [-0.2, 0) is 11.4 Å². The van der Waals surface area contributed by atoms with E-state index < -0.39 is 11.4 Å².